The van der Waals surface area contributed by atoms with E-state index in [4.69, 9.17) is 9.47 Å². The van der Waals surface area contributed by atoms with Crippen molar-refractivity contribution in [3.63, 3.8) is 0 Å². The lowest BCUT2D eigenvalue weighted by Gasteiger charge is -2.42. The predicted octanol–water partition coefficient (Wildman–Crippen LogP) is 1.49. The second-order valence-electron chi connectivity index (χ2n) is 6.30. The fraction of sp³-hybridized carbons (Fsp3) is 0.857. The zero-order chi connectivity index (χ0) is 15.5. The summed E-state index contributed by atoms with van der Waals surface area (Å²) in [6, 6.07) is -0.207. The van der Waals surface area contributed by atoms with Crippen LogP contribution < -0.4 is 0 Å². The van der Waals surface area contributed by atoms with Crippen molar-refractivity contribution in [2.24, 2.45) is 0 Å². The van der Waals surface area contributed by atoms with Gasteiger partial charge in [-0.3, -0.25) is 9.69 Å². The van der Waals surface area contributed by atoms with Crippen LogP contribution in [0.3, 0.4) is 0 Å². The Hall–Kier alpha value is -1.30. The first kappa shape index (κ1) is 16.8. The summed E-state index contributed by atoms with van der Waals surface area (Å²) in [6.07, 6.45) is -0.380. The number of amides is 1. The van der Waals surface area contributed by atoms with Crippen molar-refractivity contribution >= 4 is 12.1 Å². The largest absolute Gasteiger partial charge is 0.468 e. The molecule has 0 aromatic heterocycles. The summed E-state index contributed by atoms with van der Waals surface area (Å²) in [5.41, 5.74) is -0.535. The Morgan fingerprint density at radius 1 is 1.20 bits per heavy atom. The molecule has 0 N–H and O–H groups in total. The van der Waals surface area contributed by atoms with Gasteiger partial charge < -0.3 is 14.4 Å². The second-order valence-corrected chi connectivity index (χ2v) is 6.30. The van der Waals surface area contributed by atoms with Crippen molar-refractivity contribution < 1.29 is 19.1 Å². The molecule has 1 saturated heterocycles. The second kappa shape index (κ2) is 6.43. The van der Waals surface area contributed by atoms with Crippen molar-refractivity contribution in [3.8, 4) is 0 Å². The Morgan fingerprint density at radius 2 is 1.80 bits per heavy atom. The highest BCUT2D eigenvalue weighted by molar-refractivity contribution is 5.77. The number of carbonyl (C=O) groups excluding carboxylic acids is 2. The van der Waals surface area contributed by atoms with E-state index in [0.717, 1.165) is 0 Å². The van der Waals surface area contributed by atoms with Crippen molar-refractivity contribution in [1.29, 1.82) is 0 Å². The van der Waals surface area contributed by atoms with Gasteiger partial charge in [0.05, 0.1) is 13.7 Å². The summed E-state index contributed by atoms with van der Waals surface area (Å²) < 4.78 is 10.2. The van der Waals surface area contributed by atoms with Crippen LogP contribution in [0.2, 0.25) is 0 Å². The van der Waals surface area contributed by atoms with Gasteiger partial charge in [-0.25, -0.2) is 4.79 Å². The third kappa shape index (κ3) is 4.37. The minimum Gasteiger partial charge on any atom is -0.468 e. The minimum atomic E-state index is -0.535. The highest BCUT2D eigenvalue weighted by Gasteiger charge is 2.37. The first-order chi connectivity index (χ1) is 9.15. The zero-order valence-corrected chi connectivity index (χ0v) is 13.3. The first-order valence-corrected chi connectivity index (χ1v) is 6.97. The van der Waals surface area contributed by atoms with Crippen molar-refractivity contribution in [3.05, 3.63) is 0 Å². The molecule has 0 aliphatic carbocycles. The van der Waals surface area contributed by atoms with Crippen molar-refractivity contribution in [2.75, 3.05) is 26.7 Å². The van der Waals surface area contributed by atoms with E-state index in [1.54, 1.807) is 4.90 Å². The molecule has 1 atom stereocenters. The first-order valence-electron chi connectivity index (χ1n) is 6.97. The summed E-state index contributed by atoms with van der Waals surface area (Å²) >= 11 is 0. The third-order valence-electron chi connectivity index (χ3n) is 3.21. The van der Waals surface area contributed by atoms with Crippen LogP contribution >= 0.6 is 0 Å². The molecule has 0 aromatic carbocycles. The fourth-order valence-corrected chi connectivity index (χ4v) is 2.25. The Kier molecular flexibility index (Phi) is 5.39. The summed E-state index contributed by atoms with van der Waals surface area (Å²) in [5, 5.41) is 0. The number of rotatable bonds is 2. The molecule has 1 unspecified atom stereocenters. The Bertz CT molecular complexity index is 363. The minimum absolute atomic E-state index is 0.222. The summed E-state index contributed by atoms with van der Waals surface area (Å²) in [5.74, 6) is -0.313. The molecule has 0 aromatic rings. The number of piperazine rings is 1. The number of carbonyl (C=O) groups is 2. The van der Waals surface area contributed by atoms with Crippen LogP contribution in [0.4, 0.5) is 4.79 Å². The lowest BCUT2D eigenvalue weighted by molar-refractivity contribution is -0.150. The topological polar surface area (TPSA) is 59.1 Å². The van der Waals surface area contributed by atoms with Gasteiger partial charge in [0.25, 0.3) is 0 Å². The van der Waals surface area contributed by atoms with E-state index < -0.39 is 11.6 Å². The molecule has 0 radical (unpaired) electrons. The van der Waals surface area contributed by atoms with Gasteiger partial charge in [0.1, 0.15) is 11.6 Å². The number of hydrogen-bond donors (Lipinski definition) is 0. The van der Waals surface area contributed by atoms with Gasteiger partial charge >= 0.3 is 12.1 Å². The van der Waals surface area contributed by atoms with Gasteiger partial charge in [-0.2, -0.15) is 0 Å². The molecule has 6 heteroatoms. The van der Waals surface area contributed by atoms with Crippen LogP contribution in [0, 0.1) is 0 Å². The summed E-state index contributed by atoms with van der Waals surface area (Å²) in [4.78, 5) is 27.6. The van der Waals surface area contributed by atoms with Crippen molar-refractivity contribution in [1.82, 2.24) is 9.80 Å². The maximum absolute atomic E-state index is 12.1. The van der Waals surface area contributed by atoms with Gasteiger partial charge in [0.15, 0.2) is 0 Å². The highest BCUT2D eigenvalue weighted by atomic mass is 16.6. The molecule has 116 valence electrons. The van der Waals surface area contributed by atoms with E-state index in [-0.39, 0.29) is 18.1 Å². The van der Waals surface area contributed by atoms with E-state index >= 15 is 0 Å². The van der Waals surface area contributed by atoms with Gasteiger partial charge in [-0.05, 0) is 34.6 Å². The Morgan fingerprint density at radius 3 is 2.25 bits per heavy atom. The highest BCUT2D eigenvalue weighted by Crippen LogP contribution is 2.17. The van der Waals surface area contributed by atoms with Gasteiger partial charge in [0, 0.05) is 19.1 Å². The number of esters is 1. The van der Waals surface area contributed by atoms with Gasteiger partial charge in [-0.15, -0.1) is 0 Å². The molecular weight excluding hydrogens is 260 g/mol. The lowest BCUT2D eigenvalue weighted by atomic mass is 10.1. The average molecular weight is 286 g/mol. The SMILES string of the molecule is COC(=O)C1CN(C(=O)OC(C)(C)C)CCN1C(C)C. The molecule has 0 saturated carbocycles. The van der Waals surface area contributed by atoms with Crippen LogP contribution in [-0.4, -0.2) is 66.3 Å². The molecule has 0 bridgehead atoms. The molecule has 1 rings (SSSR count). The number of hydrogen-bond acceptors (Lipinski definition) is 5. The number of nitrogens with zero attached hydrogens (tertiary/aromatic N) is 2. The summed E-state index contributed by atoms with van der Waals surface area (Å²) in [6.45, 7) is 11.0. The average Bonchev–Trinajstić information content (AvgIpc) is 2.34. The molecular formula is C14H26N2O4. The Balaban J connectivity index is 2.76. The fourth-order valence-electron chi connectivity index (χ4n) is 2.25. The maximum Gasteiger partial charge on any atom is 0.410 e. The molecule has 1 fully saturated rings. The smallest absolute Gasteiger partial charge is 0.410 e. The molecule has 6 nitrogen and oxygen atoms in total. The van der Waals surface area contributed by atoms with Crippen LogP contribution in [0.25, 0.3) is 0 Å². The maximum atomic E-state index is 12.1. The molecule has 1 amide bonds. The Labute approximate surface area is 121 Å². The quantitative estimate of drug-likeness (QED) is 0.720. The van der Waals surface area contributed by atoms with Gasteiger partial charge in [0.2, 0.25) is 0 Å². The van der Waals surface area contributed by atoms with Crippen LogP contribution in [-0.2, 0) is 14.3 Å². The number of methoxy groups -OCH3 is 1. The molecule has 1 aliphatic heterocycles. The van der Waals surface area contributed by atoms with Crippen LogP contribution in [0.5, 0.6) is 0 Å². The molecule has 0 spiro atoms. The summed E-state index contributed by atoms with van der Waals surface area (Å²) in [7, 11) is 1.37. The lowest BCUT2D eigenvalue weighted by Crippen LogP contribution is -2.60. The molecule has 20 heavy (non-hydrogen) atoms. The van der Waals surface area contributed by atoms with Crippen LogP contribution in [0.15, 0.2) is 0 Å². The number of ether oxygens (including phenoxy) is 2. The normalized spacial score (nSPS) is 20.9. The van der Waals surface area contributed by atoms with E-state index in [9.17, 15) is 9.59 Å². The van der Waals surface area contributed by atoms with Crippen LogP contribution in [0.1, 0.15) is 34.6 Å². The van der Waals surface area contributed by atoms with E-state index in [0.29, 0.717) is 19.6 Å². The van der Waals surface area contributed by atoms with E-state index in [2.05, 4.69) is 0 Å². The van der Waals surface area contributed by atoms with Crippen molar-refractivity contribution in [2.45, 2.75) is 52.3 Å². The molecule has 1 heterocycles. The molecule has 1 aliphatic rings. The zero-order valence-electron chi connectivity index (χ0n) is 13.3. The monoisotopic (exact) mass is 286 g/mol. The third-order valence-corrected chi connectivity index (χ3v) is 3.21. The van der Waals surface area contributed by atoms with E-state index in [1.165, 1.54) is 7.11 Å². The standard InChI is InChI=1S/C14H26N2O4/c1-10(2)16-8-7-15(9-11(16)12(17)19-6)13(18)20-14(3,4)5/h10-11H,7-9H2,1-6H3. The van der Waals surface area contributed by atoms with Gasteiger partial charge in [-0.1, -0.05) is 0 Å². The van der Waals surface area contributed by atoms with E-state index in [1.807, 2.05) is 39.5 Å². The predicted molar refractivity (Wildman–Crippen MR) is 75.5 cm³/mol.